The lowest BCUT2D eigenvalue weighted by Gasteiger charge is -2.41. The summed E-state index contributed by atoms with van der Waals surface area (Å²) in [6.07, 6.45) is 0. The van der Waals surface area contributed by atoms with Gasteiger partial charge in [-0.15, -0.1) is 0 Å². The molecule has 0 radical (unpaired) electrons. The minimum absolute atomic E-state index is 0.0622. The molecule has 0 unspecified atom stereocenters. The molecule has 2 heterocycles. The van der Waals surface area contributed by atoms with Gasteiger partial charge in [-0.2, -0.15) is 0 Å². The SMILES string of the molecule is CC(C)c1nc(N)cc(N2CC(=O)NC(=O)C2(C)C)n1. The molecule has 0 bridgehead atoms. The highest BCUT2D eigenvalue weighted by atomic mass is 16.2. The van der Waals surface area contributed by atoms with E-state index in [0.29, 0.717) is 17.5 Å². The molecule has 1 fully saturated rings. The fraction of sp³-hybridized carbons (Fsp3) is 0.538. The number of carbonyl (C=O) groups is 2. The van der Waals surface area contributed by atoms with Crippen molar-refractivity contribution < 1.29 is 9.59 Å². The van der Waals surface area contributed by atoms with Crippen molar-refractivity contribution in [3.05, 3.63) is 11.9 Å². The summed E-state index contributed by atoms with van der Waals surface area (Å²) in [4.78, 5) is 33.8. The highest BCUT2D eigenvalue weighted by Crippen LogP contribution is 2.27. The maximum atomic E-state index is 12.0. The second-order valence-electron chi connectivity index (χ2n) is 5.69. The molecule has 108 valence electrons. The predicted octanol–water partition coefficient (Wildman–Crippen LogP) is 0.424. The Kier molecular flexibility index (Phi) is 3.37. The first-order valence-corrected chi connectivity index (χ1v) is 6.48. The van der Waals surface area contributed by atoms with Gasteiger partial charge in [-0.3, -0.25) is 14.9 Å². The smallest absolute Gasteiger partial charge is 0.251 e. The number of piperazine rings is 1. The minimum atomic E-state index is -0.872. The quantitative estimate of drug-likeness (QED) is 0.760. The molecule has 0 atom stereocenters. The first kappa shape index (κ1) is 14.2. The van der Waals surface area contributed by atoms with E-state index in [4.69, 9.17) is 5.73 Å². The molecule has 1 saturated heterocycles. The van der Waals surface area contributed by atoms with Crippen LogP contribution in [0.15, 0.2) is 6.07 Å². The van der Waals surface area contributed by atoms with Crippen molar-refractivity contribution in [3.8, 4) is 0 Å². The van der Waals surface area contributed by atoms with Gasteiger partial charge in [0, 0.05) is 12.0 Å². The third kappa shape index (κ3) is 2.43. The number of nitrogen functional groups attached to an aromatic ring is 1. The highest BCUT2D eigenvalue weighted by molar-refractivity contribution is 6.06. The van der Waals surface area contributed by atoms with Gasteiger partial charge in [0.1, 0.15) is 23.0 Å². The summed E-state index contributed by atoms with van der Waals surface area (Å²) in [7, 11) is 0. The normalized spacial score (nSPS) is 18.4. The van der Waals surface area contributed by atoms with E-state index in [-0.39, 0.29) is 24.3 Å². The van der Waals surface area contributed by atoms with Gasteiger partial charge in [0.2, 0.25) is 5.91 Å². The molecule has 0 saturated carbocycles. The zero-order valence-electron chi connectivity index (χ0n) is 12.1. The fourth-order valence-corrected chi connectivity index (χ4v) is 2.02. The largest absolute Gasteiger partial charge is 0.384 e. The van der Waals surface area contributed by atoms with Crippen LogP contribution >= 0.6 is 0 Å². The summed E-state index contributed by atoms with van der Waals surface area (Å²) in [6, 6.07) is 1.58. The zero-order valence-corrected chi connectivity index (χ0v) is 12.1. The van der Waals surface area contributed by atoms with Crippen LogP contribution in [0.2, 0.25) is 0 Å². The molecule has 7 heteroatoms. The summed E-state index contributed by atoms with van der Waals surface area (Å²) in [5.41, 5.74) is 4.93. The molecule has 3 N–H and O–H groups in total. The van der Waals surface area contributed by atoms with Crippen LogP contribution in [-0.2, 0) is 9.59 Å². The lowest BCUT2D eigenvalue weighted by Crippen LogP contribution is -2.64. The fourth-order valence-electron chi connectivity index (χ4n) is 2.02. The molecule has 1 aliphatic heterocycles. The average Bonchev–Trinajstić information content (AvgIpc) is 2.33. The number of hydrogen-bond donors (Lipinski definition) is 2. The molecule has 2 amide bonds. The van der Waals surface area contributed by atoms with Crippen LogP contribution in [0.1, 0.15) is 39.4 Å². The topological polar surface area (TPSA) is 101 Å². The van der Waals surface area contributed by atoms with E-state index in [9.17, 15) is 9.59 Å². The number of amides is 2. The van der Waals surface area contributed by atoms with Crippen LogP contribution in [-0.4, -0.2) is 33.9 Å². The Balaban J connectivity index is 2.48. The van der Waals surface area contributed by atoms with Crippen LogP contribution in [0.3, 0.4) is 0 Å². The summed E-state index contributed by atoms with van der Waals surface area (Å²) in [5, 5.41) is 2.33. The third-order valence-electron chi connectivity index (χ3n) is 3.33. The molecule has 1 aromatic heterocycles. The number of rotatable bonds is 2. The maximum absolute atomic E-state index is 12.0. The number of nitrogens with zero attached hydrogens (tertiary/aromatic N) is 3. The predicted molar refractivity (Wildman–Crippen MR) is 75.1 cm³/mol. The van der Waals surface area contributed by atoms with Gasteiger partial charge >= 0.3 is 0 Å². The molecule has 0 spiro atoms. The van der Waals surface area contributed by atoms with Crippen molar-refractivity contribution in [1.82, 2.24) is 15.3 Å². The van der Waals surface area contributed by atoms with E-state index in [1.165, 1.54) is 0 Å². The van der Waals surface area contributed by atoms with Gasteiger partial charge in [-0.25, -0.2) is 9.97 Å². The Labute approximate surface area is 117 Å². The van der Waals surface area contributed by atoms with E-state index < -0.39 is 5.54 Å². The lowest BCUT2D eigenvalue weighted by molar-refractivity contribution is -0.135. The van der Waals surface area contributed by atoms with Crippen molar-refractivity contribution in [2.45, 2.75) is 39.2 Å². The number of hydrogen-bond acceptors (Lipinski definition) is 6. The van der Waals surface area contributed by atoms with Crippen LogP contribution in [0.4, 0.5) is 11.6 Å². The summed E-state index contributed by atoms with van der Waals surface area (Å²) in [6.45, 7) is 7.45. The van der Waals surface area contributed by atoms with Gasteiger partial charge in [0.05, 0.1) is 6.54 Å². The van der Waals surface area contributed by atoms with Crippen LogP contribution < -0.4 is 16.0 Å². The molecule has 1 aliphatic rings. The molecule has 20 heavy (non-hydrogen) atoms. The maximum Gasteiger partial charge on any atom is 0.251 e. The molecular formula is C13H19N5O2. The van der Waals surface area contributed by atoms with Crippen molar-refractivity contribution >= 4 is 23.5 Å². The first-order chi connectivity index (χ1) is 9.21. The molecule has 1 aromatic rings. The van der Waals surface area contributed by atoms with E-state index in [0.717, 1.165) is 0 Å². The number of nitrogens with one attached hydrogen (secondary N) is 1. The lowest BCUT2D eigenvalue weighted by atomic mass is 9.98. The highest BCUT2D eigenvalue weighted by Gasteiger charge is 2.41. The van der Waals surface area contributed by atoms with Gasteiger partial charge in [-0.05, 0) is 13.8 Å². The van der Waals surface area contributed by atoms with Crippen molar-refractivity contribution in [2.24, 2.45) is 0 Å². The van der Waals surface area contributed by atoms with Gasteiger partial charge in [0.15, 0.2) is 0 Å². The van der Waals surface area contributed by atoms with Crippen LogP contribution in [0.5, 0.6) is 0 Å². The van der Waals surface area contributed by atoms with E-state index in [1.807, 2.05) is 13.8 Å². The van der Waals surface area contributed by atoms with Gasteiger partial charge in [0.25, 0.3) is 5.91 Å². The monoisotopic (exact) mass is 277 g/mol. The number of carbonyl (C=O) groups excluding carboxylic acids is 2. The van der Waals surface area contributed by atoms with Crippen molar-refractivity contribution in [3.63, 3.8) is 0 Å². The number of aromatic nitrogens is 2. The van der Waals surface area contributed by atoms with Crippen LogP contribution in [0.25, 0.3) is 0 Å². The third-order valence-corrected chi connectivity index (χ3v) is 3.33. The van der Waals surface area contributed by atoms with Crippen molar-refractivity contribution in [2.75, 3.05) is 17.2 Å². The Morgan fingerprint density at radius 3 is 2.60 bits per heavy atom. The first-order valence-electron chi connectivity index (χ1n) is 6.48. The summed E-state index contributed by atoms with van der Waals surface area (Å²) < 4.78 is 0. The van der Waals surface area contributed by atoms with E-state index in [2.05, 4.69) is 15.3 Å². The van der Waals surface area contributed by atoms with Crippen molar-refractivity contribution in [1.29, 1.82) is 0 Å². The molecular weight excluding hydrogens is 258 g/mol. The number of anilines is 2. The molecule has 7 nitrogen and oxygen atoms in total. The summed E-state index contributed by atoms with van der Waals surface area (Å²) >= 11 is 0. The van der Waals surface area contributed by atoms with E-state index in [1.54, 1.807) is 24.8 Å². The van der Waals surface area contributed by atoms with Gasteiger partial charge < -0.3 is 10.6 Å². The Hall–Kier alpha value is -2.18. The molecule has 0 aliphatic carbocycles. The Bertz CT molecular complexity index is 568. The molecule has 0 aromatic carbocycles. The molecule has 2 rings (SSSR count). The van der Waals surface area contributed by atoms with E-state index >= 15 is 0 Å². The second kappa shape index (κ2) is 4.73. The standard InChI is InChI=1S/C13H19N5O2/c1-7(2)11-15-8(14)5-9(16-11)18-6-10(19)17-12(20)13(18,3)4/h5,7H,6H2,1-4H3,(H2,14,15,16)(H,17,19,20). The van der Waals surface area contributed by atoms with Gasteiger partial charge in [-0.1, -0.05) is 13.8 Å². The summed E-state index contributed by atoms with van der Waals surface area (Å²) in [5.74, 6) is 0.820. The zero-order chi connectivity index (χ0) is 15.1. The Morgan fingerprint density at radius 2 is 2.00 bits per heavy atom. The number of imide groups is 1. The Morgan fingerprint density at radius 1 is 1.35 bits per heavy atom. The minimum Gasteiger partial charge on any atom is -0.384 e. The van der Waals surface area contributed by atoms with Crippen LogP contribution in [0, 0.1) is 0 Å². The average molecular weight is 277 g/mol. The second-order valence-corrected chi connectivity index (χ2v) is 5.69. The number of nitrogens with two attached hydrogens (primary N) is 1.